The van der Waals surface area contributed by atoms with Crippen molar-refractivity contribution in [3.8, 4) is 0 Å². The molecule has 1 aromatic carbocycles. The minimum Gasteiger partial charge on any atom is -0.381 e. The summed E-state index contributed by atoms with van der Waals surface area (Å²) >= 11 is 9.61. The van der Waals surface area contributed by atoms with E-state index in [1.807, 2.05) is 18.2 Å². The standard InChI is InChI=1S/C11H14BrClN2O/c12-8-1-2-9(10(13)5-8)11(15-14)7-3-4-16-6-7/h1-2,5,7,11,15H,3-4,6,14H2. The first-order valence-corrected chi connectivity index (χ1v) is 6.38. The van der Waals surface area contributed by atoms with Gasteiger partial charge < -0.3 is 4.74 Å². The average Bonchev–Trinajstić information content (AvgIpc) is 2.75. The van der Waals surface area contributed by atoms with E-state index in [-0.39, 0.29) is 6.04 Å². The minimum absolute atomic E-state index is 0.0584. The molecule has 16 heavy (non-hydrogen) atoms. The Morgan fingerprint density at radius 3 is 2.94 bits per heavy atom. The Balaban J connectivity index is 2.25. The Hall–Kier alpha value is -0.130. The van der Waals surface area contributed by atoms with Gasteiger partial charge in [-0.05, 0) is 24.1 Å². The number of nitrogens with one attached hydrogen (secondary N) is 1. The Labute approximate surface area is 108 Å². The molecule has 1 aromatic rings. The molecule has 1 aliphatic rings. The van der Waals surface area contributed by atoms with Crippen LogP contribution in [0.2, 0.25) is 5.02 Å². The van der Waals surface area contributed by atoms with E-state index in [9.17, 15) is 0 Å². The monoisotopic (exact) mass is 304 g/mol. The van der Waals surface area contributed by atoms with Gasteiger partial charge in [0, 0.05) is 22.0 Å². The zero-order valence-corrected chi connectivity index (χ0v) is 11.1. The largest absolute Gasteiger partial charge is 0.381 e. The SMILES string of the molecule is NNC(c1ccc(Br)cc1Cl)C1CCOC1. The predicted octanol–water partition coefficient (Wildman–Crippen LogP) is 2.64. The Kier molecular flexibility index (Phi) is 4.21. The quantitative estimate of drug-likeness (QED) is 0.667. The second-order valence-corrected chi connectivity index (χ2v) is 5.26. The van der Waals surface area contributed by atoms with Crippen molar-refractivity contribution in [2.75, 3.05) is 13.2 Å². The third kappa shape index (κ3) is 2.57. The van der Waals surface area contributed by atoms with Crippen LogP contribution in [0.25, 0.3) is 0 Å². The summed E-state index contributed by atoms with van der Waals surface area (Å²) in [4.78, 5) is 0. The van der Waals surface area contributed by atoms with Crippen LogP contribution in [0.15, 0.2) is 22.7 Å². The van der Waals surface area contributed by atoms with Crippen LogP contribution in [0.4, 0.5) is 0 Å². The van der Waals surface area contributed by atoms with Gasteiger partial charge in [-0.15, -0.1) is 0 Å². The van der Waals surface area contributed by atoms with Crippen molar-refractivity contribution in [2.24, 2.45) is 11.8 Å². The average molecular weight is 306 g/mol. The topological polar surface area (TPSA) is 47.3 Å². The van der Waals surface area contributed by atoms with E-state index in [1.54, 1.807) is 0 Å². The zero-order chi connectivity index (χ0) is 11.5. The number of ether oxygens (including phenoxy) is 1. The van der Waals surface area contributed by atoms with E-state index in [2.05, 4.69) is 21.4 Å². The van der Waals surface area contributed by atoms with Gasteiger partial charge in [0.1, 0.15) is 0 Å². The Morgan fingerprint density at radius 2 is 2.38 bits per heavy atom. The van der Waals surface area contributed by atoms with Gasteiger partial charge in [0.15, 0.2) is 0 Å². The molecule has 1 heterocycles. The Bertz CT molecular complexity index is 369. The van der Waals surface area contributed by atoms with Gasteiger partial charge in [-0.25, -0.2) is 0 Å². The molecule has 3 N–H and O–H groups in total. The maximum atomic E-state index is 6.22. The van der Waals surface area contributed by atoms with Gasteiger partial charge in [0.25, 0.3) is 0 Å². The molecule has 2 unspecified atom stereocenters. The normalized spacial score (nSPS) is 22.3. The molecule has 1 saturated heterocycles. The summed E-state index contributed by atoms with van der Waals surface area (Å²) < 4.78 is 6.35. The molecule has 0 amide bonds. The smallest absolute Gasteiger partial charge is 0.0525 e. The summed E-state index contributed by atoms with van der Waals surface area (Å²) in [6.45, 7) is 1.54. The number of nitrogens with two attached hydrogens (primary N) is 1. The highest BCUT2D eigenvalue weighted by Gasteiger charge is 2.27. The fourth-order valence-corrected chi connectivity index (χ4v) is 2.84. The van der Waals surface area contributed by atoms with Crippen molar-refractivity contribution in [3.63, 3.8) is 0 Å². The molecule has 0 saturated carbocycles. The van der Waals surface area contributed by atoms with Crippen molar-refractivity contribution < 1.29 is 4.74 Å². The van der Waals surface area contributed by atoms with Crippen molar-refractivity contribution in [3.05, 3.63) is 33.3 Å². The number of hydrogen-bond acceptors (Lipinski definition) is 3. The fraction of sp³-hybridized carbons (Fsp3) is 0.455. The van der Waals surface area contributed by atoms with Crippen LogP contribution in [-0.4, -0.2) is 13.2 Å². The lowest BCUT2D eigenvalue weighted by Gasteiger charge is -2.23. The molecule has 0 spiro atoms. The van der Waals surface area contributed by atoms with Gasteiger partial charge in [-0.3, -0.25) is 11.3 Å². The van der Waals surface area contributed by atoms with Gasteiger partial charge in [-0.2, -0.15) is 0 Å². The van der Waals surface area contributed by atoms with Crippen LogP contribution >= 0.6 is 27.5 Å². The van der Waals surface area contributed by atoms with E-state index in [0.29, 0.717) is 5.92 Å². The molecule has 2 rings (SSSR count). The van der Waals surface area contributed by atoms with Crippen LogP contribution in [-0.2, 0) is 4.74 Å². The van der Waals surface area contributed by atoms with Crippen molar-refractivity contribution in [1.29, 1.82) is 0 Å². The minimum atomic E-state index is 0.0584. The molecule has 0 bridgehead atoms. The molecule has 0 aromatic heterocycles. The van der Waals surface area contributed by atoms with Crippen molar-refractivity contribution >= 4 is 27.5 Å². The molecule has 0 aliphatic carbocycles. The fourth-order valence-electron chi connectivity index (χ4n) is 2.05. The first kappa shape index (κ1) is 12.3. The highest BCUT2D eigenvalue weighted by molar-refractivity contribution is 9.10. The summed E-state index contributed by atoms with van der Waals surface area (Å²) in [6, 6.07) is 5.91. The highest BCUT2D eigenvalue weighted by Crippen LogP contribution is 2.33. The molecule has 1 fully saturated rings. The lowest BCUT2D eigenvalue weighted by molar-refractivity contribution is 0.177. The molecule has 1 aliphatic heterocycles. The number of hydrazine groups is 1. The molecule has 5 heteroatoms. The molecular formula is C11H14BrClN2O. The number of benzene rings is 1. The molecule has 88 valence electrons. The van der Waals surface area contributed by atoms with Crippen LogP contribution in [0, 0.1) is 5.92 Å². The second-order valence-electron chi connectivity index (χ2n) is 3.93. The van der Waals surface area contributed by atoms with E-state index in [0.717, 1.165) is 34.7 Å². The van der Waals surface area contributed by atoms with E-state index >= 15 is 0 Å². The summed E-state index contributed by atoms with van der Waals surface area (Å²) in [5.41, 5.74) is 3.87. The molecule has 0 radical (unpaired) electrons. The summed E-state index contributed by atoms with van der Waals surface area (Å²) in [7, 11) is 0. The molecular weight excluding hydrogens is 291 g/mol. The van der Waals surface area contributed by atoms with Gasteiger partial charge in [-0.1, -0.05) is 33.6 Å². The van der Waals surface area contributed by atoms with Crippen molar-refractivity contribution in [2.45, 2.75) is 12.5 Å². The predicted molar refractivity (Wildman–Crippen MR) is 68.1 cm³/mol. The Morgan fingerprint density at radius 1 is 1.56 bits per heavy atom. The van der Waals surface area contributed by atoms with Gasteiger partial charge in [0.05, 0.1) is 12.6 Å². The molecule has 3 nitrogen and oxygen atoms in total. The van der Waals surface area contributed by atoms with E-state index in [1.165, 1.54) is 0 Å². The molecule has 2 atom stereocenters. The first-order chi connectivity index (χ1) is 7.72. The summed E-state index contributed by atoms with van der Waals surface area (Å²) in [5, 5.41) is 0.726. The van der Waals surface area contributed by atoms with E-state index in [4.69, 9.17) is 22.2 Å². The maximum Gasteiger partial charge on any atom is 0.0525 e. The van der Waals surface area contributed by atoms with Crippen LogP contribution in [0.3, 0.4) is 0 Å². The van der Waals surface area contributed by atoms with Crippen molar-refractivity contribution in [1.82, 2.24) is 5.43 Å². The van der Waals surface area contributed by atoms with Gasteiger partial charge in [0.2, 0.25) is 0 Å². The maximum absolute atomic E-state index is 6.22. The summed E-state index contributed by atoms with van der Waals surface area (Å²) in [6.07, 6.45) is 1.02. The first-order valence-electron chi connectivity index (χ1n) is 5.21. The third-order valence-electron chi connectivity index (χ3n) is 2.91. The lowest BCUT2D eigenvalue weighted by Crippen LogP contribution is -2.34. The summed E-state index contributed by atoms with van der Waals surface area (Å²) in [5.74, 6) is 6.01. The lowest BCUT2D eigenvalue weighted by atomic mass is 9.93. The van der Waals surface area contributed by atoms with Crippen LogP contribution < -0.4 is 11.3 Å². The number of rotatable bonds is 3. The van der Waals surface area contributed by atoms with Crippen LogP contribution in [0.5, 0.6) is 0 Å². The number of hydrogen-bond donors (Lipinski definition) is 2. The third-order valence-corrected chi connectivity index (χ3v) is 3.73. The zero-order valence-electron chi connectivity index (χ0n) is 8.75. The van der Waals surface area contributed by atoms with E-state index < -0.39 is 0 Å². The highest BCUT2D eigenvalue weighted by atomic mass is 79.9. The van der Waals surface area contributed by atoms with Crippen LogP contribution in [0.1, 0.15) is 18.0 Å². The number of halogens is 2. The van der Waals surface area contributed by atoms with Gasteiger partial charge >= 0.3 is 0 Å². The second kappa shape index (κ2) is 5.47.